The van der Waals surface area contributed by atoms with Gasteiger partial charge in [0.2, 0.25) is 5.91 Å². The number of allylic oxidation sites excluding steroid dienone is 1. The molecule has 0 bridgehead atoms. The molecule has 2 amide bonds. The van der Waals surface area contributed by atoms with E-state index in [-0.39, 0.29) is 22.9 Å². The first-order valence-electron chi connectivity index (χ1n) is 14.1. The Morgan fingerprint density at radius 2 is 1.67 bits per heavy atom. The molecule has 1 saturated heterocycles. The number of halogens is 3. The molecule has 2 aliphatic heterocycles. The number of nitrogens with one attached hydrogen (secondary N) is 3. The molecule has 2 fully saturated rings. The second-order valence-corrected chi connectivity index (χ2v) is 10.9. The number of hydrogen-bond acceptors (Lipinski definition) is 6. The van der Waals surface area contributed by atoms with E-state index < -0.39 is 17.7 Å². The third-order valence-electron chi connectivity index (χ3n) is 8.02. The van der Waals surface area contributed by atoms with Crippen molar-refractivity contribution in [2.75, 3.05) is 26.2 Å². The molecular formula is C29H36F3N5O5. The van der Waals surface area contributed by atoms with Crippen LogP contribution in [0, 0.1) is 5.41 Å². The maximum absolute atomic E-state index is 13.5. The highest BCUT2D eigenvalue weighted by Crippen LogP contribution is 2.36. The van der Waals surface area contributed by atoms with Crippen molar-refractivity contribution in [1.29, 1.82) is 0 Å². The fourth-order valence-electron chi connectivity index (χ4n) is 5.65. The van der Waals surface area contributed by atoms with Gasteiger partial charge < -0.3 is 25.8 Å². The lowest BCUT2D eigenvalue weighted by molar-refractivity contribution is -0.192. The summed E-state index contributed by atoms with van der Waals surface area (Å²) in [6.45, 7) is 2.49. The molecule has 1 aromatic heterocycles. The number of alkyl halides is 3. The lowest BCUT2D eigenvalue weighted by Crippen LogP contribution is -2.56. The van der Waals surface area contributed by atoms with Crippen molar-refractivity contribution < 1.29 is 37.4 Å². The van der Waals surface area contributed by atoms with Crippen LogP contribution in [0.1, 0.15) is 61.9 Å². The molecule has 2 spiro atoms. The Labute approximate surface area is 241 Å². The second-order valence-electron chi connectivity index (χ2n) is 10.9. The van der Waals surface area contributed by atoms with E-state index >= 15 is 0 Å². The molecule has 0 unspecified atom stereocenters. The number of benzene rings is 1. The molecule has 1 aromatic carbocycles. The van der Waals surface area contributed by atoms with Gasteiger partial charge in [0.25, 0.3) is 5.91 Å². The van der Waals surface area contributed by atoms with Crippen molar-refractivity contribution in [1.82, 2.24) is 25.7 Å². The summed E-state index contributed by atoms with van der Waals surface area (Å²) in [6.07, 6.45) is 7.75. The Morgan fingerprint density at radius 1 is 1.00 bits per heavy atom. The van der Waals surface area contributed by atoms with Crippen LogP contribution in [-0.4, -0.2) is 70.6 Å². The zero-order valence-corrected chi connectivity index (χ0v) is 23.2. The number of carboxylic acid groups (broad SMARTS) is 1. The maximum Gasteiger partial charge on any atom is 0.490 e. The largest absolute Gasteiger partial charge is 0.490 e. The predicted octanol–water partition coefficient (Wildman–Crippen LogP) is 3.76. The number of piperidine rings is 1. The van der Waals surface area contributed by atoms with Gasteiger partial charge in [-0.05, 0) is 63.7 Å². The molecule has 42 heavy (non-hydrogen) atoms. The third kappa shape index (κ3) is 7.69. The number of rotatable bonds is 1. The van der Waals surface area contributed by atoms with Crippen molar-refractivity contribution in [2.45, 2.75) is 63.1 Å². The number of aromatic nitrogens is 2. The average molecular weight is 592 g/mol. The number of hydrogen-bond donors (Lipinski definition) is 4. The van der Waals surface area contributed by atoms with Crippen molar-refractivity contribution in [2.24, 2.45) is 5.41 Å². The van der Waals surface area contributed by atoms with E-state index in [1.807, 2.05) is 36.4 Å². The normalized spacial score (nSPS) is 21.4. The fraction of sp³-hybridized carbons (Fsp3) is 0.517. The van der Waals surface area contributed by atoms with E-state index in [2.05, 4.69) is 27.1 Å². The van der Waals surface area contributed by atoms with Crippen LogP contribution in [0.2, 0.25) is 0 Å². The molecule has 2 aromatic rings. The first-order chi connectivity index (χ1) is 20.0. The molecule has 5 rings (SSSR count). The minimum absolute atomic E-state index is 0.119. The minimum Gasteiger partial charge on any atom is -0.485 e. The quantitative estimate of drug-likeness (QED) is 0.371. The van der Waals surface area contributed by atoms with Crippen LogP contribution in [0.3, 0.4) is 0 Å². The van der Waals surface area contributed by atoms with Gasteiger partial charge in [0, 0.05) is 6.54 Å². The summed E-state index contributed by atoms with van der Waals surface area (Å²) in [5, 5.41) is 21.6. The monoisotopic (exact) mass is 591 g/mol. The van der Waals surface area contributed by atoms with Crippen LogP contribution in [0.5, 0.6) is 5.75 Å². The molecule has 3 heterocycles. The van der Waals surface area contributed by atoms with E-state index in [9.17, 15) is 22.8 Å². The molecule has 1 aliphatic carbocycles. The molecule has 228 valence electrons. The van der Waals surface area contributed by atoms with Crippen molar-refractivity contribution in [3.8, 4) is 11.4 Å². The Bertz CT molecular complexity index is 1270. The highest BCUT2D eigenvalue weighted by atomic mass is 19.4. The lowest BCUT2D eigenvalue weighted by Gasteiger charge is -2.38. The standard InChI is InChI=1S/C27H35N5O3.C2HF3O2/c33-24-23-22(19-32(31-23)21-9-3-1-4-10-21)35-18-8-2-5-11-26(14-16-28-17-15-26)25(34)29-20-27(30-24)12-6-7-13-27;3-2(4,5)1(6)7/h1-4,8-10,19,28H,5-7,11-18,20H2,(H,29,34)(H,30,33);(H,6,7)/b8-2+;. The number of para-hydroxylation sites is 1. The maximum atomic E-state index is 13.5. The molecular weight excluding hydrogens is 555 g/mol. The number of ether oxygens (including phenoxy) is 1. The van der Waals surface area contributed by atoms with Gasteiger partial charge in [-0.3, -0.25) is 9.59 Å². The van der Waals surface area contributed by atoms with Crippen LogP contribution < -0.4 is 20.7 Å². The topological polar surface area (TPSA) is 135 Å². The Hall–Kier alpha value is -3.87. The van der Waals surface area contributed by atoms with Gasteiger partial charge in [-0.25, -0.2) is 9.48 Å². The van der Waals surface area contributed by atoms with Gasteiger partial charge in [0.15, 0.2) is 11.4 Å². The van der Waals surface area contributed by atoms with Crippen LogP contribution in [0.15, 0.2) is 48.7 Å². The van der Waals surface area contributed by atoms with Crippen molar-refractivity contribution >= 4 is 17.8 Å². The Morgan fingerprint density at radius 3 is 2.31 bits per heavy atom. The summed E-state index contributed by atoms with van der Waals surface area (Å²) in [5.41, 5.74) is 0.299. The predicted molar refractivity (Wildman–Crippen MR) is 147 cm³/mol. The highest BCUT2D eigenvalue weighted by Gasteiger charge is 2.42. The van der Waals surface area contributed by atoms with Gasteiger partial charge in [-0.2, -0.15) is 18.3 Å². The molecule has 3 aliphatic rings. The average Bonchev–Trinajstić information content (AvgIpc) is 3.62. The van der Waals surface area contributed by atoms with Crippen molar-refractivity contribution in [3.63, 3.8) is 0 Å². The van der Waals surface area contributed by atoms with Crippen LogP contribution in [0.4, 0.5) is 13.2 Å². The van der Waals surface area contributed by atoms with Gasteiger partial charge in [0.1, 0.15) is 6.61 Å². The molecule has 0 radical (unpaired) electrons. The van der Waals surface area contributed by atoms with Crippen LogP contribution in [-0.2, 0) is 9.59 Å². The van der Waals surface area contributed by atoms with E-state index in [1.54, 1.807) is 10.9 Å². The number of carboxylic acids is 1. The number of fused-ring (bicyclic) bond motifs is 1. The van der Waals surface area contributed by atoms with E-state index in [4.69, 9.17) is 14.6 Å². The molecule has 10 nitrogen and oxygen atoms in total. The first kappa shape index (κ1) is 31.1. The third-order valence-corrected chi connectivity index (χ3v) is 8.02. The van der Waals surface area contributed by atoms with Crippen LogP contribution >= 0.6 is 0 Å². The number of carbonyl (C=O) groups excluding carboxylic acids is 2. The summed E-state index contributed by atoms with van der Waals surface area (Å²) in [6, 6.07) is 9.69. The van der Waals surface area contributed by atoms with E-state index in [0.29, 0.717) is 18.9 Å². The minimum atomic E-state index is -5.08. The zero-order valence-electron chi connectivity index (χ0n) is 23.2. The Balaban J connectivity index is 0.000000517. The summed E-state index contributed by atoms with van der Waals surface area (Å²) < 4.78 is 39.4. The smallest absolute Gasteiger partial charge is 0.485 e. The first-order valence-corrected chi connectivity index (χ1v) is 14.1. The molecule has 0 atom stereocenters. The van der Waals surface area contributed by atoms with Crippen molar-refractivity contribution in [3.05, 3.63) is 54.4 Å². The number of nitrogens with zero attached hydrogens (tertiary/aromatic N) is 2. The van der Waals surface area contributed by atoms with Gasteiger partial charge in [0.05, 0.1) is 22.8 Å². The Kier molecular flexibility index (Phi) is 9.92. The van der Waals surface area contributed by atoms with E-state index in [1.165, 1.54) is 0 Å². The summed E-state index contributed by atoms with van der Waals surface area (Å²) in [5.74, 6) is -2.44. The summed E-state index contributed by atoms with van der Waals surface area (Å²) in [4.78, 5) is 35.9. The molecule has 13 heteroatoms. The lowest BCUT2D eigenvalue weighted by atomic mass is 9.74. The number of aliphatic carboxylic acids is 1. The zero-order chi connectivity index (χ0) is 30.2. The summed E-state index contributed by atoms with van der Waals surface area (Å²) in [7, 11) is 0. The van der Waals surface area contributed by atoms with Crippen LogP contribution in [0.25, 0.3) is 5.69 Å². The van der Waals surface area contributed by atoms with Gasteiger partial charge >= 0.3 is 12.1 Å². The molecule has 4 N–H and O–H groups in total. The van der Waals surface area contributed by atoms with Gasteiger partial charge in [-0.1, -0.05) is 43.2 Å². The SMILES string of the molecule is O=C(O)C(F)(F)F.O=C1NC2(CCCC2)CNC(=O)C2(CC/C=C/COc3cn(-c4ccccc4)nc31)CCNCC2. The number of carbonyl (C=O) groups is 3. The number of amides is 2. The highest BCUT2D eigenvalue weighted by molar-refractivity contribution is 5.95. The fourth-order valence-corrected chi connectivity index (χ4v) is 5.65. The van der Waals surface area contributed by atoms with Gasteiger partial charge in [-0.15, -0.1) is 0 Å². The van der Waals surface area contributed by atoms with E-state index in [0.717, 1.165) is 70.1 Å². The summed E-state index contributed by atoms with van der Waals surface area (Å²) >= 11 is 0. The molecule has 1 saturated carbocycles. The second kappa shape index (κ2) is 13.4.